The van der Waals surface area contributed by atoms with Gasteiger partial charge in [-0.2, -0.15) is 0 Å². The molecule has 0 spiro atoms. The number of carbonyl (C=O) groups excluding carboxylic acids is 1. The van der Waals surface area contributed by atoms with Crippen molar-refractivity contribution in [3.63, 3.8) is 0 Å². The van der Waals surface area contributed by atoms with Crippen LogP contribution in [0.15, 0.2) is 90.3 Å². The van der Waals surface area contributed by atoms with E-state index < -0.39 is 0 Å². The van der Waals surface area contributed by atoms with Crippen molar-refractivity contribution in [2.75, 3.05) is 23.1 Å². The largest absolute Gasteiger partial charge is 0.495 e. The fourth-order valence-corrected chi connectivity index (χ4v) is 4.42. The lowest BCUT2D eigenvalue weighted by molar-refractivity contribution is -0.116. The smallest absolute Gasteiger partial charge is 0.237 e. The van der Waals surface area contributed by atoms with E-state index in [-0.39, 0.29) is 17.7 Å². The first-order chi connectivity index (χ1) is 16.6. The van der Waals surface area contributed by atoms with Gasteiger partial charge in [-0.15, -0.1) is 10.2 Å². The van der Waals surface area contributed by atoms with Crippen molar-refractivity contribution in [3.05, 3.63) is 85.2 Å². The molecule has 1 aromatic heterocycles. The standard InChI is InChI=1S/C26H27N5O2S/c1-19(2)31(22-15-13-21(14-16-22)28-20-9-5-4-6-10-20)25(32)17-34-26-29-27-18-30(26)23-11-7-8-12-24(23)33-3/h4-16,18-19,28H,17H2,1-3H3. The van der Waals surface area contributed by atoms with Crippen LogP contribution in [0.25, 0.3) is 5.69 Å². The lowest BCUT2D eigenvalue weighted by Crippen LogP contribution is -2.38. The number of carbonyl (C=O) groups is 1. The highest BCUT2D eigenvalue weighted by molar-refractivity contribution is 7.99. The number of anilines is 3. The predicted molar refractivity (Wildman–Crippen MR) is 137 cm³/mol. The van der Waals surface area contributed by atoms with Gasteiger partial charge < -0.3 is 15.0 Å². The van der Waals surface area contributed by atoms with Gasteiger partial charge in [-0.1, -0.05) is 42.1 Å². The summed E-state index contributed by atoms with van der Waals surface area (Å²) in [6, 6.07) is 25.5. The van der Waals surface area contributed by atoms with Crippen LogP contribution in [0.4, 0.5) is 17.1 Å². The van der Waals surface area contributed by atoms with Crippen LogP contribution in [0, 0.1) is 0 Å². The van der Waals surface area contributed by atoms with E-state index in [0.29, 0.717) is 10.9 Å². The van der Waals surface area contributed by atoms with Crippen molar-refractivity contribution in [1.29, 1.82) is 0 Å². The summed E-state index contributed by atoms with van der Waals surface area (Å²) in [4.78, 5) is 15.0. The van der Waals surface area contributed by atoms with Gasteiger partial charge in [-0.05, 0) is 62.4 Å². The molecule has 4 rings (SSSR count). The molecule has 0 saturated heterocycles. The highest BCUT2D eigenvalue weighted by Gasteiger charge is 2.21. The van der Waals surface area contributed by atoms with Crippen LogP contribution in [0.2, 0.25) is 0 Å². The summed E-state index contributed by atoms with van der Waals surface area (Å²) in [5, 5.41) is 12.2. The molecule has 0 bridgehead atoms. The Morgan fingerprint density at radius 3 is 2.38 bits per heavy atom. The molecule has 7 nitrogen and oxygen atoms in total. The number of hydrogen-bond donors (Lipinski definition) is 1. The Hall–Kier alpha value is -3.78. The van der Waals surface area contributed by atoms with Crippen molar-refractivity contribution >= 4 is 34.7 Å². The Morgan fingerprint density at radius 2 is 1.68 bits per heavy atom. The molecule has 0 unspecified atom stereocenters. The zero-order chi connectivity index (χ0) is 23.9. The van der Waals surface area contributed by atoms with Crippen LogP contribution in [0.5, 0.6) is 5.75 Å². The first-order valence-electron chi connectivity index (χ1n) is 11.0. The summed E-state index contributed by atoms with van der Waals surface area (Å²) in [5.41, 5.74) is 3.66. The zero-order valence-electron chi connectivity index (χ0n) is 19.4. The molecule has 174 valence electrons. The lowest BCUT2D eigenvalue weighted by Gasteiger charge is -2.27. The van der Waals surface area contributed by atoms with Crippen LogP contribution in [-0.4, -0.2) is 39.6 Å². The average Bonchev–Trinajstić information content (AvgIpc) is 3.33. The first kappa shape index (κ1) is 23.4. The minimum atomic E-state index is -0.00153. The molecule has 1 N–H and O–H groups in total. The van der Waals surface area contributed by atoms with Gasteiger partial charge in [0.1, 0.15) is 12.1 Å². The molecule has 1 amide bonds. The molecule has 0 aliphatic heterocycles. The average molecular weight is 474 g/mol. The minimum absolute atomic E-state index is 0.00153. The van der Waals surface area contributed by atoms with E-state index in [9.17, 15) is 4.79 Å². The number of hydrogen-bond acceptors (Lipinski definition) is 6. The molecular weight excluding hydrogens is 446 g/mol. The molecule has 0 radical (unpaired) electrons. The van der Waals surface area contributed by atoms with Crippen molar-refractivity contribution in [1.82, 2.24) is 14.8 Å². The van der Waals surface area contributed by atoms with E-state index >= 15 is 0 Å². The van der Waals surface area contributed by atoms with E-state index in [1.54, 1.807) is 13.4 Å². The molecular formula is C26H27N5O2S. The van der Waals surface area contributed by atoms with Gasteiger partial charge >= 0.3 is 0 Å². The van der Waals surface area contributed by atoms with Crippen molar-refractivity contribution in [2.24, 2.45) is 0 Å². The number of para-hydroxylation sites is 3. The maximum atomic E-state index is 13.2. The summed E-state index contributed by atoms with van der Waals surface area (Å²) in [6.45, 7) is 4.02. The number of rotatable bonds is 9. The highest BCUT2D eigenvalue weighted by atomic mass is 32.2. The third-order valence-corrected chi connectivity index (χ3v) is 6.11. The zero-order valence-corrected chi connectivity index (χ0v) is 20.2. The van der Waals surface area contributed by atoms with Crippen molar-refractivity contribution in [2.45, 2.75) is 25.0 Å². The summed E-state index contributed by atoms with van der Waals surface area (Å²) < 4.78 is 7.29. The quantitative estimate of drug-likeness (QED) is 0.321. The fraction of sp³-hybridized carbons (Fsp3) is 0.192. The number of aromatic nitrogens is 3. The number of ether oxygens (including phenoxy) is 1. The second kappa shape index (κ2) is 10.9. The van der Waals surface area contributed by atoms with E-state index in [0.717, 1.165) is 22.7 Å². The number of methoxy groups -OCH3 is 1. The Bertz CT molecular complexity index is 1230. The molecule has 0 atom stereocenters. The molecule has 3 aromatic carbocycles. The normalized spacial score (nSPS) is 10.8. The van der Waals surface area contributed by atoms with E-state index in [2.05, 4.69) is 15.5 Å². The predicted octanol–water partition coefficient (Wildman–Crippen LogP) is 5.55. The Labute approximate surface area is 203 Å². The summed E-state index contributed by atoms with van der Waals surface area (Å²) >= 11 is 1.35. The minimum Gasteiger partial charge on any atom is -0.495 e. The van der Waals surface area contributed by atoms with Crippen LogP contribution in [0.1, 0.15) is 13.8 Å². The lowest BCUT2D eigenvalue weighted by atomic mass is 10.2. The maximum Gasteiger partial charge on any atom is 0.237 e. The second-order valence-electron chi connectivity index (χ2n) is 7.84. The number of thioether (sulfide) groups is 1. The second-order valence-corrected chi connectivity index (χ2v) is 8.78. The maximum absolute atomic E-state index is 13.2. The van der Waals surface area contributed by atoms with E-state index in [4.69, 9.17) is 4.74 Å². The van der Waals surface area contributed by atoms with Crippen molar-refractivity contribution in [3.8, 4) is 11.4 Å². The molecule has 0 aliphatic carbocycles. The first-order valence-corrected chi connectivity index (χ1v) is 12.0. The summed E-state index contributed by atoms with van der Waals surface area (Å²) in [6.07, 6.45) is 1.63. The summed E-state index contributed by atoms with van der Waals surface area (Å²) in [7, 11) is 1.63. The fourth-order valence-electron chi connectivity index (χ4n) is 3.64. The summed E-state index contributed by atoms with van der Waals surface area (Å²) in [5.74, 6) is 0.942. The molecule has 0 saturated carbocycles. The van der Waals surface area contributed by atoms with Gasteiger partial charge in [0.25, 0.3) is 0 Å². The van der Waals surface area contributed by atoms with Crippen LogP contribution < -0.4 is 15.0 Å². The molecule has 34 heavy (non-hydrogen) atoms. The number of nitrogens with zero attached hydrogens (tertiary/aromatic N) is 4. The van der Waals surface area contributed by atoms with Crippen LogP contribution >= 0.6 is 11.8 Å². The van der Waals surface area contributed by atoms with E-state index in [1.165, 1.54) is 11.8 Å². The van der Waals surface area contributed by atoms with Gasteiger partial charge in [0, 0.05) is 23.1 Å². The SMILES string of the molecule is COc1ccccc1-n1cnnc1SCC(=O)N(c1ccc(Nc2ccccc2)cc1)C(C)C. The van der Waals surface area contributed by atoms with Gasteiger partial charge in [0.2, 0.25) is 5.91 Å². The third-order valence-electron chi connectivity index (χ3n) is 5.18. The number of nitrogens with one attached hydrogen (secondary N) is 1. The highest BCUT2D eigenvalue weighted by Crippen LogP contribution is 2.28. The van der Waals surface area contributed by atoms with Gasteiger partial charge in [-0.25, -0.2) is 0 Å². The monoisotopic (exact) mass is 473 g/mol. The third kappa shape index (κ3) is 5.40. The molecule has 8 heteroatoms. The topological polar surface area (TPSA) is 72.3 Å². The molecule has 0 aliphatic rings. The Morgan fingerprint density at radius 1 is 1.00 bits per heavy atom. The van der Waals surface area contributed by atoms with Gasteiger partial charge in [0.15, 0.2) is 5.16 Å². The molecule has 1 heterocycles. The van der Waals surface area contributed by atoms with E-state index in [1.807, 2.05) is 102 Å². The molecule has 4 aromatic rings. The molecule has 0 fully saturated rings. The van der Waals surface area contributed by atoms with Crippen LogP contribution in [0.3, 0.4) is 0 Å². The van der Waals surface area contributed by atoms with Crippen molar-refractivity contribution < 1.29 is 9.53 Å². The van der Waals surface area contributed by atoms with Gasteiger partial charge in [0.05, 0.1) is 18.6 Å². The van der Waals surface area contributed by atoms with Crippen LogP contribution in [-0.2, 0) is 4.79 Å². The number of benzene rings is 3. The number of amides is 1. The Kier molecular flexibility index (Phi) is 7.49. The van der Waals surface area contributed by atoms with Gasteiger partial charge in [-0.3, -0.25) is 9.36 Å². The Balaban J connectivity index is 1.46.